The lowest BCUT2D eigenvalue weighted by Gasteiger charge is -2.16. The zero-order valence-electron chi connectivity index (χ0n) is 8.55. The first-order valence-corrected chi connectivity index (χ1v) is 4.96. The molecule has 0 spiro atoms. The second-order valence-electron chi connectivity index (χ2n) is 3.78. The van der Waals surface area contributed by atoms with Crippen molar-refractivity contribution in [3.63, 3.8) is 0 Å². The first-order valence-electron chi connectivity index (χ1n) is 4.96. The van der Waals surface area contributed by atoms with Gasteiger partial charge in [-0.05, 0) is 12.1 Å². The van der Waals surface area contributed by atoms with E-state index in [4.69, 9.17) is 4.42 Å². The number of nitrogens with zero attached hydrogens (tertiary/aromatic N) is 2. The monoisotopic (exact) mass is 200 g/mol. The molecule has 1 aliphatic rings. The Labute approximate surface area is 88.2 Å². The fourth-order valence-corrected chi connectivity index (χ4v) is 1.87. The van der Waals surface area contributed by atoms with Crippen molar-refractivity contribution in [3.8, 4) is 0 Å². The second-order valence-corrected chi connectivity index (χ2v) is 3.78. The Morgan fingerprint density at radius 3 is 2.87 bits per heavy atom. The van der Waals surface area contributed by atoms with Crippen LogP contribution in [0.25, 0.3) is 11.0 Å². The number of para-hydroxylation sites is 1. The number of hydrogen-bond donors (Lipinski definition) is 0. The lowest BCUT2D eigenvalue weighted by atomic mass is 10.2. The molecule has 0 aliphatic carbocycles. The van der Waals surface area contributed by atoms with Crippen LogP contribution in [0.5, 0.6) is 0 Å². The summed E-state index contributed by atoms with van der Waals surface area (Å²) < 4.78 is 5.50. The summed E-state index contributed by atoms with van der Waals surface area (Å²) in [5.74, 6) is 0. The van der Waals surface area contributed by atoms with Gasteiger partial charge in [-0.3, -0.25) is 0 Å². The van der Waals surface area contributed by atoms with E-state index in [1.807, 2.05) is 24.5 Å². The van der Waals surface area contributed by atoms with Gasteiger partial charge in [0.1, 0.15) is 11.8 Å². The SMILES string of the molecule is CN1C=CN(c2coc3ccccc23)C1. The molecule has 0 bridgehead atoms. The lowest BCUT2D eigenvalue weighted by molar-refractivity contribution is 0.495. The van der Waals surface area contributed by atoms with Gasteiger partial charge in [-0.2, -0.15) is 0 Å². The molecule has 0 amide bonds. The number of fused-ring (bicyclic) bond motifs is 1. The van der Waals surface area contributed by atoms with E-state index < -0.39 is 0 Å². The molecule has 0 fully saturated rings. The topological polar surface area (TPSA) is 19.6 Å². The van der Waals surface area contributed by atoms with E-state index in [-0.39, 0.29) is 0 Å². The van der Waals surface area contributed by atoms with Gasteiger partial charge in [-0.25, -0.2) is 0 Å². The smallest absolute Gasteiger partial charge is 0.136 e. The fourth-order valence-electron chi connectivity index (χ4n) is 1.87. The fraction of sp³-hybridized carbons (Fsp3) is 0.167. The van der Waals surface area contributed by atoms with Crippen LogP contribution in [0, 0.1) is 0 Å². The van der Waals surface area contributed by atoms with E-state index in [0.717, 1.165) is 23.3 Å². The molecule has 1 aliphatic heterocycles. The van der Waals surface area contributed by atoms with Crippen molar-refractivity contribution in [3.05, 3.63) is 42.9 Å². The van der Waals surface area contributed by atoms with Crippen molar-refractivity contribution in [2.45, 2.75) is 0 Å². The summed E-state index contributed by atoms with van der Waals surface area (Å²) in [5, 5.41) is 1.16. The Kier molecular flexibility index (Phi) is 1.71. The molecular formula is C12H12N2O. The van der Waals surface area contributed by atoms with Crippen molar-refractivity contribution < 1.29 is 4.42 Å². The summed E-state index contributed by atoms with van der Waals surface area (Å²) in [7, 11) is 2.05. The van der Waals surface area contributed by atoms with Gasteiger partial charge in [0.05, 0.1) is 12.4 Å². The summed E-state index contributed by atoms with van der Waals surface area (Å²) >= 11 is 0. The van der Waals surface area contributed by atoms with Gasteiger partial charge in [0.15, 0.2) is 0 Å². The molecule has 3 nitrogen and oxygen atoms in total. The predicted octanol–water partition coefficient (Wildman–Crippen LogP) is 2.61. The summed E-state index contributed by atoms with van der Waals surface area (Å²) in [6, 6.07) is 8.09. The Hall–Kier alpha value is -1.90. The number of hydrogen-bond acceptors (Lipinski definition) is 3. The molecule has 1 aromatic carbocycles. The maximum atomic E-state index is 5.50. The summed E-state index contributed by atoms with van der Waals surface area (Å²) in [6.45, 7) is 0.878. The average Bonchev–Trinajstić information content (AvgIpc) is 2.83. The van der Waals surface area contributed by atoms with E-state index in [2.05, 4.69) is 35.3 Å². The number of furan rings is 1. The largest absolute Gasteiger partial charge is 0.462 e. The van der Waals surface area contributed by atoms with Crippen molar-refractivity contribution >= 4 is 16.7 Å². The molecule has 15 heavy (non-hydrogen) atoms. The third-order valence-corrected chi connectivity index (χ3v) is 2.65. The van der Waals surface area contributed by atoms with Crippen molar-refractivity contribution in [1.82, 2.24) is 4.90 Å². The van der Waals surface area contributed by atoms with Crippen LogP contribution in [0.4, 0.5) is 5.69 Å². The van der Waals surface area contributed by atoms with Crippen LogP contribution in [-0.4, -0.2) is 18.6 Å². The second kappa shape index (κ2) is 3.05. The van der Waals surface area contributed by atoms with Gasteiger partial charge in [-0.15, -0.1) is 0 Å². The van der Waals surface area contributed by atoms with Crippen molar-refractivity contribution in [2.24, 2.45) is 0 Å². The molecule has 0 saturated carbocycles. The minimum atomic E-state index is 0.878. The summed E-state index contributed by atoms with van der Waals surface area (Å²) in [5.41, 5.74) is 2.07. The normalized spacial score (nSPS) is 15.5. The highest BCUT2D eigenvalue weighted by Gasteiger charge is 2.15. The van der Waals surface area contributed by atoms with E-state index in [0.29, 0.717) is 0 Å². The summed E-state index contributed by atoms with van der Waals surface area (Å²) in [4.78, 5) is 4.30. The van der Waals surface area contributed by atoms with E-state index in [1.54, 1.807) is 0 Å². The Morgan fingerprint density at radius 1 is 1.20 bits per heavy atom. The van der Waals surface area contributed by atoms with Crippen molar-refractivity contribution in [2.75, 3.05) is 18.6 Å². The molecule has 0 saturated heterocycles. The third kappa shape index (κ3) is 1.28. The number of benzene rings is 1. The third-order valence-electron chi connectivity index (χ3n) is 2.65. The molecule has 2 heterocycles. The van der Waals surface area contributed by atoms with E-state index in [1.165, 1.54) is 0 Å². The quantitative estimate of drug-likeness (QED) is 0.705. The van der Waals surface area contributed by atoms with Crippen LogP contribution in [0.3, 0.4) is 0 Å². The molecule has 1 aromatic heterocycles. The zero-order valence-corrected chi connectivity index (χ0v) is 8.55. The van der Waals surface area contributed by atoms with E-state index in [9.17, 15) is 0 Å². The molecule has 0 unspecified atom stereocenters. The highest BCUT2D eigenvalue weighted by molar-refractivity contribution is 5.91. The average molecular weight is 200 g/mol. The standard InChI is InChI=1S/C12H12N2O/c1-13-6-7-14(9-13)11-8-15-12-5-3-2-4-10(11)12/h2-8H,9H2,1H3. The molecule has 76 valence electrons. The van der Waals surface area contributed by atoms with Gasteiger partial charge >= 0.3 is 0 Å². The number of rotatable bonds is 1. The van der Waals surface area contributed by atoms with Crippen LogP contribution < -0.4 is 4.90 Å². The Morgan fingerprint density at radius 2 is 2.07 bits per heavy atom. The predicted molar refractivity (Wildman–Crippen MR) is 60.5 cm³/mol. The van der Waals surface area contributed by atoms with Crippen LogP contribution in [0.2, 0.25) is 0 Å². The van der Waals surface area contributed by atoms with Gasteiger partial charge in [0.2, 0.25) is 0 Å². The van der Waals surface area contributed by atoms with Crippen LogP contribution in [-0.2, 0) is 0 Å². The van der Waals surface area contributed by atoms with Crippen LogP contribution in [0.15, 0.2) is 47.3 Å². The van der Waals surface area contributed by atoms with Gasteiger partial charge < -0.3 is 14.2 Å². The molecule has 3 rings (SSSR count). The van der Waals surface area contributed by atoms with Crippen LogP contribution in [0.1, 0.15) is 0 Å². The summed E-state index contributed by atoms with van der Waals surface area (Å²) in [6.07, 6.45) is 5.94. The maximum absolute atomic E-state index is 5.50. The minimum absolute atomic E-state index is 0.878. The molecule has 2 aromatic rings. The first-order chi connectivity index (χ1) is 7.34. The lowest BCUT2D eigenvalue weighted by Crippen LogP contribution is -2.21. The molecule has 0 N–H and O–H groups in total. The Balaban J connectivity index is 2.08. The molecule has 0 radical (unpaired) electrons. The maximum Gasteiger partial charge on any atom is 0.136 e. The highest BCUT2D eigenvalue weighted by Crippen LogP contribution is 2.30. The zero-order chi connectivity index (χ0) is 10.3. The van der Waals surface area contributed by atoms with Gasteiger partial charge in [0, 0.05) is 24.8 Å². The Bertz CT molecular complexity index is 515. The van der Waals surface area contributed by atoms with Crippen LogP contribution >= 0.6 is 0 Å². The van der Waals surface area contributed by atoms with E-state index >= 15 is 0 Å². The molecule has 0 atom stereocenters. The van der Waals surface area contributed by atoms with Gasteiger partial charge in [0.25, 0.3) is 0 Å². The molecule has 3 heteroatoms. The minimum Gasteiger partial charge on any atom is -0.462 e. The van der Waals surface area contributed by atoms with Crippen molar-refractivity contribution in [1.29, 1.82) is 0 Å². The van der Waals surface area contributed by atoms with Gasteiger partial charge in [-0.1, -0.05) is 12.1 Å². The molecular weight excluding hydrogens is 188 g/mol. The highest BCUT2D eigenvalue weighted by atomic mass is 16.3. The number of anilines is 1. The first kappa shape index (κ1) is 8.41.